The predicted octanol–water partition coefficient (Wildman–Crippen LogP) is 2.46. The molecule has 1 amide bonds. The van der Waals surface area contributed by atoms with Crippen molar-refractivity contribution in [3.8, 4) is 0 Å². The Balaban J connectivity index is 2.02. The molecule has 0 saturated carbocycles. The summed E-state index contributed by atoms with van der Waals surface area (Å²) in [6.07, 6.45) is 2.45. The molecule has 1 aliphatic rings. The molecule has 0 radical (unpaired) electrons. The van der Waals surface area contributed by atoms with E-state index in [2.05, 4.69) is 12.2 Å². The lowest BCUT2D eigenvalue weighted by Crippen LogP contribution is -2.41. The van der Waals surface area contributed by atoms with Crippen molar-refractivity contribution in [2.75, 3.05) is 26.2 Å². The molecule has 2 rings (SSSR count). The molecule has 0 aromatic heterocycles. The van der Waals surface area contributed by atoms with E-state index in [0.717, 1.165) is 37.3 Å². The second-order valence-electron chi connectivity index (χ2n) is 5.43. The lowest BCUT2D eigenvalue weighted by molar-refractivity contribution is 0.0729. The van der Waals surface area contributed by atoms with Gasteiger partial charge in [-0.25, -0.2) is 0 Å². The van der Waals surface area contributed by atoms with Gasteiger partial charge in [0, 0.05) is 18.7 Å². The number of piperidine rings is 1. The van der Waals surface area contributed by atoms with Gasteiger partial charge in [-0.05, 0) is 57.8 Å². The SMILES string of the molecule is CCN(CC1CCCNC1)C(=O)c1cccc(C)c1. The van der Waals surface area contributed by atoms with Crippen molar-refractivity contribution < 1.29 is 4.79 Å². The van der Waals surface area contributed by atoms with Crippen molar-refractivity contribution in [1.29, 1.82) is 0 Å². The maximum Gasteiger partial charge on any atom is 0.253 e. The lowest BCUT2D eigenvalue weighted by Gasteiger charge is -2.29. The molecule has 1 N–H and O–H groups in total. The van der Waals surface area contributed by atoms with Gasteiger partial charge in [-0.2, -0.15) is 0 Å². The largest absolute Gasteiger partial charge is 0.339 e. The fourth-order valence-electron chi connectivity index (χ4n) is 2.71. The lowest BCUT2D eigenvalue weighted by atomic mass is 9.98. The molecular formula is C16H24N2O. The average Bonchev–Trinajstić information content (AvgIpc) is 2.45. The smallest absolute Gasteiger partial charge is 0.253 e. The Bertz CT molecular complexity index is 425. The molecule has 1 unspecified atom stereocenters. The van der Waals surface area contributed by atoms with Gasteiger partial charge in [0.1, 0.15) is 0 Å². The summed E-state index contributed by atoms with van der Waals surface area (Å²) in [5.41, 5.74) is 1.95. The molecule has 3 nitrogen and oxygen atoms in total. The van der Waals surface area contributed by atoms with Gasteiger partial charge in [0.15, 0.2) is 0 Å². The first-order valence-corrected chi connectivity index (χ1v) is 7.27. The molecule has 1 atom stereocenters. The van der Waals surface area contributed by atoms with Crippen molar-refractivity contribution in [2.24, 2.45) is 5.92 Å². The Hall–Kier alpha value is -1.35. The summed E-state index contributed by atoms with van der Waals surface area (Å²) in [5.74, 6) is 0.763. The molecule has 0 spiro atoms. The fraction of sp³-hybridized carbons (Fsp3) is 0.562. The van der Waals surface area contributed by atoms with E-state index >= 15 is 0 Å². The van der Waals surface area contributed by atoms with Gasteiger partial charge in [0.05, 0.1) is 0 Å². The molecule has 0 bridgehead atoms. The topological polar surface area (TPSA) is 32.3 Å². The number of hydrogen-bond acceptors (Lipinski definition) is 2. The number of benzene rings is 1. The van der Waals surface area contributed by atoms with E-state index in [9.17, 15) is 4.79 Å². The minimum Gasteiger partial charge on any atom is -0.339 e. The van der Waals surface area contributed by atoms with Crippen LogP contribution in [-0.2, 0) is 0 Å². The van der Waals surface area contributed by atoms with Gasteiger partial charge in [-0.3, -0.25) is 4.79 Å². The van der Waals surface area contributed by atoms with Crippen LogP contribution in [-0.4, -0.2) is 37.0 Å². The fourth-order valence-corrected chi connectivity index (χ4v) is 2.71. The minimum absolute atomic E-state index is 0.164. The Morgan fingerprint density at radius 2 is 2.32 bits per heavy atom. The quantitative estimate of drug-likeness (QED) is 0.902. The van der Waals surface area contributed by atoms with E-state index in [1.807, 2.05) is 36.1 Å². The number of carbonyl (C=O) groups is 1. The number of rotatable bonds is 4. The third-order valence-corrected chi connectivity index (χ3v) is 3.81. The van der Waals surface area contributed by atoms with E-state index < -0.39 is 0 Å². The molecule has 1 aromatic rings. The van der Waals surface area contributed by atoms with E-state index in [4.69, 9.17) is 0 Å². The molecule has 0 aliphatic carbocycles. The summed E-state index contributed by atoms with van der Waals surface area (Å²) in [6, 6.07) is 7.87. The van der Waals surface area contributed by atoms with E-state index in [1.54, 1.807) is 0 Å². The van der Waals surface area contributed by atoms with Gasteiger partial charge < -0.3 is 10.2 Å². The highest BCUT2D eigenvalue weighted by molar-refractivity contribution is 5.94. The zero-order chi connectivity index (χ0) is 13.7. The zero-order valence-corrected chi connectivity index (χ0v) is 12.0. The summed E-state index contributed by atoms with van der Waals surface area (Å²) >= 11 is 0. The van der Waals surface area contributed by atoms with Gasteiger partial charge >= 0.3 is 0 Å². The van der Waals surface area contributed by atoms with Crippen LogP contribution in [0.2, 0.25) is 0 Å². The third-order valence-electron chi connectivity index (χ3n) is 3.81. The Labute approximate surface area is 116 Å². The summed E-state index contributed by atoms with van der Waals surface area (Å²) < 4.78 is 0. The molecule has 1 saturated heterocycles. The number of nitrogens with one attached hydrogen (secondary N) is 1. The maximum atomic E-state index is 12.5. The highest BCUT2D eigenvalue weighted by atomic mass is 16.2. The molecule has 1 aliphatic heterocycles. The minimum atomic E-state index is 0.164. The van der Waals surface area contributed by atoms with Gasteiger partial charge in [0.2, 0.25) is 0 Å². The van der Waals surface area contributed by atoms with Crippen molar-refractivity contribution in [1.82, 2.24) is 10.2 Å². The van der Waals surface area contributed by atoms with Crippen LogP contribution in [0.25, 0.3) is 0 Å². The monoisotopic (exact) mass is 260 g/mol. The van der Waals surface area contributed by atoms with Crippen LogP contribution in [0, 0.1) is 12.8 Å². The molecule has 1 fully saturated rings. The zero-order valence-electron chi connectivity index (χ0n) is 12.0. The normalized spacial score (nSPS) is 19.2. The maximum absolute atomic E-state index is 12.5. The van der Waals surface area contributed by atoms with Crippen LogP contribution in [0.15, 0.2) is 24.3 Å². The number of nitrogens with zero attached hydrogens (tertiary/aromatic N) is 1. The van der Waals surface area contributed by atoms with Crippen LogP contribution in [0.1, 0.15) is 35.7 Å². The van der Waals surface area contributed by atoms with Crippen molar-refractivity contribution in [2.45, 2.75) is 26.7 Å². The summed E-state index contributed by atoms with van der Waals surface area (Å²) in [4.78, 5) is 14.5. The highest BCUT2D eigenvalue weighted by Gasteiger charge is 2.20. The highest BCUT2D eigenvalue weighted by Crippen LogP contribution is 2.14. The molecule has 1 aromatic carbocycles. The number of hydrogen-bond donors (Lipinski definition) is 1. The number of amides is 1. The average molecular weight is 260 g/mol. The van der Waals surface area contributed by atoms with E-state index in [-0.39, 0.29) is 5.91 Å². The van der Waals surface area contributed by atoms with Crippen LogP contribution >= 0.6 is 0 Å². The second kappa shape index (κ2) is 6.71. The van der Waals surface area contributed by atoms with Gasteiger partial charge in [-0.1, -0.05) is 17.7 Å². The first kappa shape index (κ1) is 14.1. The first-order valence-electron chi connectivity index (χ1n) is 7.27. The van der Waals surface area contributed by atoms with E-state index in [0.29, 0.717) is 5.92 Å². The van der Waals surface area contributed by atoms with Crippen molar-refractivity contribution in [3.05, 3.63) is 35.4 Å². The Morgan fingerprint density at radius 3 is 2.95 bits per heavy atom. The summed E-state index contributed by atoms with van der Waals surface area (Å²) in [6.45, 7) is 7.90. The Kier molecular flexibility index (Phi) is 4.97. The number of carbonyl (C=O) groups excluding carboxylic acids is 1. The standard InChI is InChI=1S/C16H24N2O/c1-3-18(12-14-7-5-9-17-11-14)16(19)15-8-4-6-13(2)10-15/h4,6,8,10,14,17H,3,5,7,9,11-12H2,1-2H3. The summed E-state index contributed by atoms with van der Waals surface area (Å²) in [7, 11) is 0. The Morgan fingerprint density at radius 1 is 1.47 bits per heavy atom. The molecule has 3 heteroatoms. The molecule has 104 valence electrons. The van der Waals surface area contributed by atoms with Crippen molar-refractivity contribution in [3.63, 3.8) is 0 Å². The molecule has 19 heavy (non-hydrogen) atoms. The molecular weight excluding hydrogens is 236 g/mol. The number of aryl methyl sites for hydroxylation is 1. The van der Waals surface area contributed by atoms with Crippen molar-refractivity contribution >= 4 is 5.91 Å². The second-order valence-corrected chi connectivity index (χ2v) is 5.43. The van der Waals surface area contributed by atoms with Gasteiger partial charge in [0.25, 0.3) is 5.91 Å². The van der Waals surface area contributed by atoms with Gasteiger partial charge in [-0.15, -0.1) is 0 Å². The summed E-state index contributed by atoms with van der Waals surface area (Å²) in [5, 5.41) is 3.41. The first-order chi connectivity index (χ1) is 9.20. The van der Waals surface area contributed by atoms with Crippen LogP contribution < -0.4 is 5.32 Å². The van der Waals surface area contributed by atoms with Crippen LogP contribution in [0.4, 0.5) is 0 Å². The van der Waals surface area contributed by atoms with Crippen LogP contribution in [0.3, 0.4) is 0 Å². The van der Waals surface area contributed by atoms with Crippen LogP contribution in [0.5, 0.6) is 0 Å². The third kappa shape index (κ3) is 3.80. The van der Waals surface area contributed by atoms with E-state index in [1.165, 1.54) is 12.8 Å². The predicted molar refractivity (Wildman–Crippen MR) is 78.4 cm³/mol. The molecule has 1 heterocycles.